The van der Waals surface area contributed by atoms with Crippen LogP contribution in [0.3, 0.4) is 0 Å². The van der Waals surface area contributed by atoms with Gasteiger partial charge in [0.1, 0.15) is 5.75 Å². The zero-order chi connectivity index (χ0) is 19.9. The number of carbonyl (C=O) groups excluding carboxylic acids is 1. The molecule has 1 amide bonds. The number of aryl methyl sites for hydroxylation is 1. The van der Waals surface area contributed by atoms with Gasteiger partial charge in [-0.3, -0.25) is 14.5 Å². The molecule has 0 aliphatic heterocycles. The molecule has 0 aliphatic carbocycles. The number of aromatic nitrogens is 3. The molecule has 6 nitrogen and oxygen atoms in total. The fourth-order valence-electron chi connectivity index (χ4n) is 2.92. The monoisotopic (exact) mass is 396 g/mol. The zero-order valence-electron chi connectivity index (χ0n) is 16.1. The number of carbonyl (C=O) groups is 1. The Hall–Kier alpha value is -2.93. The molecule has 3 aromatic rings. The van der Waals surface area contributed by atoms with Crippen LogP contribution in [0.15, 0.2) is 48.5 Å². The van der Waals surface area contributed by atoms with Gasteiger partial charge in [0.25, 0.3) is 0 Å². The minimum absolute atomic E-state index is 0.0241. The molecule has 0 atom stereocenters. The summed E-state index contributed by atoms with van der Waals surface area (Å²) in [4.78, 5) is 12.3. The number of H-pyrrole nitrogens is 1. The highest BCUT2D eigenvalue weighted by Crippen LogP contribution is 2.21. The molecule has 7 heteroatoms. The average molecular weight is 397 g/mol. The molecule has 0 radical (unpaired) electrons. The van der Waals surface area contributed by atoms with Gasteiger partial charge in [0.05, 0.1) is 6.61 Å². The molecule has 28 heavy (non-hydrogen) atoms. The van der Waals surface area contributed by atoms with Crippen LogP contribution in [0, 0.1) is 11.7 Å². The summed E-state index contributed by atoms with van der Waals surface area (Å²) < 4.78 is 7.82. The lowest BCUT2D eigenvalue weighted by molar-refractivity contribution is -0.121. The van der Waals surface area contributed by atoms with E-state index >= 15 is 0 Å². The molecule has 0 spiro atoms. The van der Waals surface area contributed by atoms with Gasteiger partial charge in [0.15, 0.2) is 10.6 Å². The van der Waals surface area contributed by atoms with Gasteiger partial charge in [-0.1, -0.05) is 24.3 Å². The predicted octanol–water partition coefficient (Wildman–Crippen LogP) is 4.02. The van der Waals surface area contributed by atoms with E-state index in [1.54, 1.807) is 0 Å². The lowest BCUT2D eigenvalue weighted by atomic mass is 10.1. The molecule has 0 unspecified atom stereocenters. The van der Waals surface area contributed by atoms with Crippen LogP contribution in [-0.4, -0.2) is 27.3 Å². The second-order valence-corrected chi connectivity index (χ2v) is 6.80. The molecular weight excluding hydrogens is 372 g/mol. The van der Waals surface area contributed by atoms with E-state index in [-0.39, 0.29) is 5.91 Å². The number of hydrogen-bond donors (Lipinski definition) is 2. The van der Waals surface area contributed by atoms with Crippen LogP contribution in [0.4, 0.5) is 0 Å². The number of rotatable bonds is 8. The van der Waals surface area contributed by atoms with E-state index in [9.17, 15) is 4.79 Å². The fraction of sp³-hybridized carbons (Fsp3) is 0.286. The summed E-state index contributed by atoms with van der Waals surface area (Å²) in [6.07, 6.45) is 0.323. The Balaban J connectivity index is 1.63. The fourth-order valence-corrected chi connectivity index (χ4v) is 3.14. The van der Waals surface area contributed by atoms with E-state index in [0.717, 1.165) is 22.4 Å². The third-order valence-corrected chi connectivity index (χ3v) is 4.79. The van der Waals surface area contributed by atoms with E-state index in [4.69, 9.17) is 17.0 Å². The highest BCUT2D eigenvalue weighted by Gasteiger charge is 2.11. The molecule has 0 bridgehead atoms. The van der Waals surface area contributed by atoms with Gasteiger partial charge in [0, 0.05) is 25.1 Å². The Morgan fingerprint density at radius 1 is 1.21 bits per heavy atom. The third-order valence-electron chi connectivity index (χ3n) is 4.48. The van der Waals surface area contributed by atoms with Crippen LogP contribution in [0.25, 0.3) is 11.4 Å². The van der Waals surface area contributed by atoms with Crippen molar-refractivity contribution < 1.29 is 9.53 Å². The third kappa shape index (κ3) is 4.86. The van der Waals surface area contributed by atoms with Crippen molar-refractivity contribution in [1.29, 1.82) is 0 Å². The van der Waals surface area contributed by atoms with Gasteiger partial charge >= 0.3 is 0 Å². The van der Waals surface area contributed by atoms with E-state index < -0.39 is 0 Å². The van der Waals surface area contributed by atoms with Crippen molar-refractivity contribution in [1.82, 2.24) is 20.1 Å². The second kappa shape index (κ2) is 9.32. The standard InChI is InChI=1S/C21H24N4O2S/c1-3-27-18-10-8-16(9-11-18)20-23-24-21(28)25(20)13-12-19(26)22-14-17-7-5-4-6-15(17)2/h4-11H,3,12-14H2,1-2H3,(H,22,26)(H,24,28). The first-order valence-corrected chi connectivity index (χ1v) is 9.69. The van der Waals surface area contributed by atoms with Gasteiger partial charge in [0.2, 0.25) is 5.91 Å². The molecule has 1 heterocycles. The van der Waals surface area contributed by atoms with Gasteiger partial charge in [-0.15, -0.1) is 0 Å². The average Bonchev–Trinajstić information content (AvgIpc) is 3.07. The predicted molar refractivity (Wildman–Crippen MR) is 112 cm³/mol. The largest absolute Gasteiger partial charge is 0.494 e. The van der Waals surface area contributed by atoms with Crippen molar-refractivity contribution in [3.05, 3.63) is 64.4 Å². The van der Waals surface area contributed by atoms with Crippen molar-refractivity contribution in [3.63, 3.8) is 0 Å². The molecular formula is C21H24N4O2S. The maximum absolute atomic E-state index is 12.3. The highest BCUT2D eigenvalue weighted by atomic mass is 32.1. The Kier molecular flexibility index (Phi) is 6.60. The van der Waals surface area contributed by atoms with Crippen LogP contribution >= 0.6 is 12.2 Å². The molecule has 0 saturated carbocycles. The number of ether oxygens (including phenoxy) is 1. The molecule has 0 fully saturated rings. The Bertz CT molecular complexity index is 992. The van der Waals surface area contributed by atoms with Crippen molar-refractivity contribution in [3.8, 4) is 17.1 Å². The van der Waals surface area contributed by atoms with Crippen molar-refractivity contribution >= 4 is 18.1 Å². The summed E-state index contributed by atoms with van der Waals surface area (Å²) in [5.41, 5.74) is 3.19. The molecule has 2 aromatic carbocycles. The maximum atomic E-state index is 12.3. The van der Waals surface area contributed by atoms with E-state index in [1.165, 1.54) is 0 Å². The maximum Gasteiger partial charge on any atom is 0.222 e. The van der Waals surface area contributed by atoms with Crippen LogP contribution < -0.4 is 10.1 Å². The molecule has 0 saturated heterocycles. The van der Waals surface area contributed by atoms with Crippen molar-refractivity contribution in [2.75, 3.05) is 6.61 Å². The Morgan fingerprint density at radius 3 is 2.68 bits per heavy atom. The molecule has 2 N–H and O–H groups in total. The van der Waals surface area contributed by atoms with Gasteiger partial charge in [-0.25, -0.2) is 0 Å². The Labute approximate surface area is 169 Å². The first-order valence-electron chi connectivity index (χ1n) is 9.28. The van der Waals surface area contributed by atoms with Crippen molar-refractivity contribution in [2.45, 2.75) is 33.4 Å². The number of hydrogen-bond acceptors (Lipinski definition) is 4. The lowest BCUT2D eigenvalue weighted by Crippen LogP contribution is -2.24. The molecule has 3 rings (SSSR count). The summed E-state index contributed by atoms with van der Waals surface area (Å²) in [7, 11) is 0. The van der Waals surface area contributed by atoms with Crippen molar-refractivity contribution in [2.24, 2.45) is 0 Å². The summed E-state index contributed by atoms with van der Waals surface area (Å²) >= 11 is 5.34. The lowest BCUT2D eigenvalue weighted by Gasteiger charge is -2.10. The van der Waals surface area contributed by atoms with E-state index in [2.05, 4.69) is 15.5 Å². The Morgan fingerprint density at radius 2 is 1.96 bits per heavy atom. The van der Waals surface area contributed by atoms with E-state index in [0.29, 0.717) is 36.7 Å². The van der Waals surface area contributed by atoms with Crippen LogP contribution in [-0.2, 0) is 17.9 Å². The smallest absolute Gasteiger partial charge is 0.222 e. The highest BCUT2D eigenvalue weighted by molar-refractivity contribution is 7.71. The number of benzene rings is 2. The molecule has 1 aromatic heterocycles. The molecule has 0 aliphatic rings. The van der Waals surface area contributed by atoms with Gasteiger partial charge in [-0.2, -0.15) is 5.10 Å². The number of amides is 1. The molecule has 146 valence electrons. The topological polar surface area (TPSA) is 71.9 Å². The number of nitrogens with zero attached hydrogens (tertiary/aromatic N) is 2. The summed E-state index contributed by atoms with van der Waals surface area (Å²) in [6.45, 7) is 5.58. The number of aromatic amines is 1. The number of nitrogens with one attached hydrogen (secondary N) is 2. The minimum Gasteiger partial charge on any atom is -0.494 e. The first kappa shape index (κ1) is 19.8. The second-order valence-electron chi connectivity index (χ2n) is 6.41. The van der Waals surface area contributed by atoms with Crippen LogP contribution in [0.1, 0.15) is 24.5 Å². The SMILES string of the molecule is CCOc1ccc(-c2n[nH]c(=S)n2CCC(=O)NCc2ccccc2C)cc1. The summed E-state index contributed by atoms with van der Waals surface area (Å²) in [5, 5.41) is 10.1. The quantitative estimate of drug-likeness (QED) is 0.564. The van der Waals surface area contributed by atoms with Gasteiger partial charge < -0.3 is 10.1 Å². The minimum atomic E-state index is -0.0241. The van der Waals surface area contributed by atoms with Crippen LogP contribution in [0.2, 0.25) is 0 Å². The summed E-state index contributed by atoms with van der Waals surface area (Å²) in [5.74, 6) is 1.49. The van der Waals surface area contributed by atoms with Gasteiger partial charge in [-0.05, 0) is 61.5 Å². The van der Waals surface area contributed by atoms with E-state index in [1.807, 2.05) is 66.9 Å². The first-order chi connectivity index (χ1) is 13.6. The zero-order valence-corrected chi connectivity index (χ0v) is 16.9. The summed E-state index contributed by atoms with van der Waals surface area (Å²) in [6, 6.07) is 15.7. The normalized spacial score (nSPS) is 10.6. The van der Waals surface area contributed by atoms with Crippen LogP contribution in [0.5, 0.6) is 5.75 Å².